The molecule has 2 aromatic rings. The summed E-state index contributed by atoms with van der Waals surface area (Å²) >= 11 is 0. The van der Waals surface area contributed by atoms with Crippen LogP contribution in [-0.2, 0) is 14.3 Å². The molecule has 0 radical (unpaired) electrons. The van der Waals surface area contributed by atoms with Crippen molar-refractivity contribution < 1.29 is 24.2 Å². The van der Waals surface area contributed by atoms with Crippen LogP contribution in [0.25, 0.3) is 11.1 Å². The van der Waals surface area contributed by atoms with Crippen molar-refractivity contribution in [2.45, 2.75) is 45.4 Å². The molecule has 34 heavy (non-hydrogen) atoms. The number of carboxylic acids is 1. The van der Waals surface area contributed by atoms with Gasteiger partial charge in [0, 0.05) is 25.4 Å². The van der Waals surface area contributed by atoms with Crippen LogP contribution in [0, 0.1) is 11.8 Å². The highest BCUT2D eigenvalue weighted by molar-refractivity contribution is 5.80. The van der Waals surface area contributed by atoms with E-state index in [4.69, 9.17) is 9.84 Å². The maximum absolute atomic E-state index is 12.6. The Labute approximate surface area is 200 Å². The van der Waals surface area contributed by atoms with Gasteiger partial charge in [-0.25, -0.2) is 4.79 Å². The quantitative estimate of drug-likeness (QED) is 0.425. The van der Waals surface area contributed by atoms with Crippen LogP contribution in [-0.4, -0.2) is 42.8 Å². The predicted octanol–water partition coefficient (Wildman–Crippen LogP) is 4.56. The van der Waals surface area contributed by atoms with Crippen LogP contribution in [0.3, 0.4) is 0 Å². The van der Waals surface area contributed by atoms with Crippen LogP contribution < -0.4 is 10.6 Å². The third-order valence-corrected chi connectivity index (χ3v) is 6.32. The Bertz CT molecular complexity index is 961. The number of rotatable bonds is 12. The van der Waals surface area contributed by atoms with E-state index in [0.717, 1.165) is 17.5 Å². The number of hydrogen-bond donors (Lipinski definition) is 3. The standard InChI is InChI=1S/C27H34N2O5/c1-3-8-19(26(32)28-15-18(2)13-14-25(30)31)16-29-27(33)34-17-24-22-11-6-4-9-20(22)21-10-5-7-12-23(21)24/h4-7,9-12,18-19,24H,3,8,13-17H2,1-2H3,(H,28,32)(H,29,33)(H,30,31). The topological polar surface area (TPSA) is 105 Å². The SMILES string of the molecule is CCCC(CNC(=O)OCC1c2ccccc2-c2ccccc21)C(=O)NCC(C)CCC(=O)O. The lowest BCUT2D eigenvalue weighted by atomic mass is 9.98. The lowest BCUT2D eigenvalue weighted by molar-refractivity contribution is -0.137. The van der Waals surface area contributed by atoms with E-state index in [2.05, 4.69) is 34.9 Å². The molecule has 0 saturated carbocycles. The molecule has 0 aliphatic heterocycles. The fourth-order valence-electron chi connectivity index (χ4n) is 4.42. The highest BCUT2D eigenvalue weighted by atomic mass is 16.5. The summed E-state index contributed by atoms with van der Waals surface area (Å²) < 4.78 is 5.56. The number of nitrogens with one attached hydrogen (secondary N) is 2. The average Bonchev–Trinajstić information content (AvgIpc) is 3.16. The molecule has 2 amide bonds. The Morgan fingerprint density at radius 3 is 2.15 bits per heavy atom. The summed E-state index contributed by atoms with van der Waals surface area (Å²) in [5.74, 6) is -1.29. The molecule has 0 fully saturated rings. The molecule has 0 bridgehead atoms. The fraction of sp³-hybridized carbons (Fsp3) is 0.444. The zero-order chi connectivity index (χ0) is 24.5. The van der Waals surface area contributed by atoms with Crippen molar-refractivity contribution in [3.63, 3.8) is 0 Å². The van der Waals surface area contributed by atoms with Crippen molar-refractivity contribution in [1.29, 1.82) is 0 Å². The Balaban J connectivity index is 1.49. The highest BCUT2D eigenvalue weighted by Gasteiger charge is 2.29. The molecule has 3 N–H and O–H groups in total. The molecular formula is C27H34N2O5. The van der Waals surface area contributed by atoms with Gasteiger partial charge in [0.1, 0.15) is 6.61 Å². The number of hydrogen-bond acceptors (Lipinski definition) is 4. The molecule has 182 valence electrons. The molecule has 2 unspecified atom stereocenters. The van der Waals surface area contributed by atoms with Gasteiger partial charge in [-0.2, -0.15) is 0 Å². The van der Waals surface area contributed by atoms with E-state index >= 15 is 0 Å². The Hall–Kier alpha value is -3.35. The summed E-state index contributed by atoms with van der Waals surface area (Å²) in [6.07, 6.45) is 1.49. The number of ether oxygens (including phenoxy) is 1. The third kappa shape index (κ3) is 6.59. The number of benzene rings is 2. The predicted molar refractivity (Wildman–Crippen MR) is 131 cm³/mol. The van der Waals surface area contributed by atoms with E-state index in [0.29, 0.717) is 19.4 Å². The van der Waals surface area contributed by atoms with Gasteiger partial charge in [-0.05, 0) is 41.0 Å². The van der Waals surface area contributed by atoms with Gasteiger partial charge in [-0.15, -0.1) is 0 Å². The normalized spacial score (nSPS) is 13.9. The molecule has 1 aliphatic carbocycles. The molecule has 7 nitrogen and oxygen atoms in total. The Kier molecular flexibility index (Phi) is 9.08. The van der Waals surface area contributed by atoms with Crippen LogP contribution in [0.5, 0.6) is 0 Å². The molecule has 3 rings (SSSR count). The maximum Gasteiger partial charge on any atom is 0.407 e. The van der Waals surface area contributed by atoms with Crippen molar-refractivity contribution in [1.82, 2.24) is 10.6 Å². The summed E-state index contributed by atoms with van der Waals surface area (Å²) in [7, 11) is 0. The van der Waals surface area contributed by atoms with E-state index in [-0.39, 0.29) is 43.2 Å². The zero-order valence-corrected chi connectivity index (χ0v) is 19.9. The first-order chi connectivity index (χ1) is 16.4. The van der Waals surface area contributed by atoms with Crippen molar-refractivity contribution in [2.75, 3.05) is 19.7 Å². The largest absolute Gasteiger partial charge is 0.481 e. The number of aliphatic carboxylic acids is 1. The lowest BCUT2D eigenvalue weighted by Crippen LogP contribution is -2.40. The van der Waals surface area contributed by atoms with Crippen LogP contribution in [0.2, 0.25) is 0 Å². The van der Waals surface area contributed by atoms with E-state index in [1.165, 1.54) is 11.1 Å². The van der Waals surface area contributed by atoms with Crippen molar-refractivity contribution in [3.05, 3.63) is 59.7 Å². The molecular weight excluding hydrogens is 432 g/mol. The first kappa shape index (κ1) is 25.3. The van der Waals surface area contributed by atoms with Gasteiger partial charge < -0.3 is 20.5 Å². The second-order valence-electron chi connectivity index (χ2n) is 8.97. The smallest absolute Gasteiger partial charge is 0.407 e. The summed E-state index contributed by atoms with van der Waals surface area (Å²) in [5.41, 5.74) is 4.64. The average molecular weight is 467 g/mol. The summed E-state index contributed by atoms with van der Waals surface area (Å²) in [4.78, 5) is 35.8. The number of carbonyl (C=O) groups excluding carboxylic acids is 2. The van der Waals surface area contributed by atoms with Crippen molar-refractivity contribution in [2.24, 2.45) is 11.8 Å². The van der Waals surface area contributed by atoms with Crippen LogP contribution in [0.4, 0.5) is 4.79 Å². The van der Waals surface area contributed by atoms with Crippen molar-refractivity contribution in [3.8, 4) is 11.1 Å². The summed E-state index contributed by atoms with van der Waals surface area (Å²) in [6, 6.07) is 16.3. The van der Waals surface area contributed by atoms with Crippen LogP contribution in [0.1, 0.15) is 56.6 Å². The van der Waals surface area contributed by atoms with E-state index in [1.54, 1.807) is 0 Å². The minimum atomic E-state index is -0.839. The summed E-state index contributed by atoms with van der Waals surface area (Å²) in [5, 5.41) is 14.4. The second-order valence-corrected chi connectivity index (χ2v) is 8.97. The second kappa shape index (κ2) is 12.2. The van der Waals surface area contributed by atoms with Crippen LogP contribution in [0.15, 0.2) is 48.5 Å². The van der Waals surface area contributed by atoms with Crippen molar-refractivity contribution >= 4 is 18.0 Å². The monoisotopic (exact) mass is 466 g/mol. The van der Waals surface area contributed by atoms with Gasteiger partial charge in [0.05, 0.1) is 5.92 Å². The number of fused-ring (bicyclic) bond motifs is 3. The molecule has 1 aliphatic rings. The minimum Gasteiger partial charge on any atom is -0.481 e. The van der Waals surface area contributed by atoms with Gasteiger partial charge in [-0.1, -0.05) is 68.8 Å². The van der Waals surface area contributed by atoms with Gasteiger partial charge in [0.15, 0.2) is 0 Å². The van der Waals surface area contributed by atoms with E-state index in [1.807, 2.05) is 38.1 Å². The van der Waals surface area contributed by atoms with E-state index in [9.17, 15) is 14.4 Å². The molecule has 0 saturated heterocycles. The summed E-state index contributed by atoms with van der Waals surface area (Å²) in [6.45, 7) is 4.73. The molecule has 2 aromatic carbocycles. The maximum atomic E-state index is 12.6. The number of carbonyl (C=O) groups is 3. The molecule has 2 atom stereocenters. The Morgan fingerprint density at radius 1 is 0.941 bits per heavy atom. The highest BCUT2D eigenvalue weighted by Crippen LogP contribution is 2.44. The van der Waals surface area contributed by atoms with Crippen LogP contribution >= 0.6 is 0 Å². The van der Waals surface area contributed by atoms with Gasteiger partial charge in [0.2, 0.25) is 5.91 Å². The molecule has 0 heterocycles. The zero-order valence-electron chi connectivity index (χ0n) is 19.9. The molecule has 7 heteroatoms. The van der Waals surface area contributed by atoms with Gasteiger partial charge >= 0.3 is 12.1 Å². The third-order valence-electron chi connectivity index (χ3n) is 6.32. The van der Waals surface area contributed by atoms with Gasteiger partial charge in [0.25, 0.3) is 0 Å². The minimum absolute atomic E-state index is 0.0137. The Morgan fingerprint density at radius 2 is 1.56 bits per heavy atom. The number of alkyl carbamates (subject to hydrolysis) is 1. The fourth-order valence-corrected chi connectivity index (χ4v) is 4.42. The van der Waals surface area contributed by atoms with E-state index < -0.39 is 12.1 Å². The molecule has 0 spiro atoms. The first-order valence-electron chi connectivity index (χ1n) is 12.0. The molecule has 0 aromatic heterocycles. The lowest BCUT2D eigenvalue weighted by Gasteiger charge is -2.19. The number of amides is 2. The van der Waals surface area contributed by atoms with Gasteiger partial charge in [-0.3, -0.25) is 9.59 Å². The number of carboxylic acid groups (broad SMARTS) is 1. The first-order valence-corrected chi connectivity index (χ1v) is 12.0.